The van der Waals surface area contributed by atoms with Crippen molar-refractivity contribution in [2.45, 2.75) is 37.8 Å². The van der Waals surface area contributed by atoms with Crippen molar-refractivity contribution in [3.63, 3.8) is 0 Å². The molecule has 1 aliphatic heterocycles. The van der Waals surface area contributed by atoms with Gasteiger partial charge in [0, 0.05) is 36.9 Å². The molecule has 4 rings (SSSR count). The van der Waals surface area contributed by atoms with Crippen LogP contribution in [-0.4, -0.2) is 63.6 Å². The summed E-state index contributed by atoms with van der Waals surface area (Å²) in [6.45, 7) is 10.2. The van der Waals surface area contributed by atoms with E-state index >= 15 is 0 Å². The van der Waals surface area contributed by atoms with Gasteiger partial charge < -0.3 is 14.9 Å². The number of fused-ring (bicyclic) bond motifs is 1. The second kappa shape index (κ2) is 7.94. The quantitative estimate of drug-likeness (QED) is 0.643. The van der Waals surface area contributed by atoms with Crippen molar-refractivity contribution in [2.24, 2.45) is 0 Å². The van der Waals surface area contributed by atoms with Crippen LogP contribution in [-0.2, 0) is 10.0 Å². The maximum Gasteiger partial charge on any atom is 0.407 e. The summed E-state index contributed by atoms with van der Waals surface area (Å²) in [5.74, 6) is 0.562. The van der Waals surface area contributed by atoms with Gasteiger partial charge in [-0.15, -0.1) is 0 Å². The van der Waals surface area contributed by atoms with Crippen molar-refractivity contribution in [3.05, 3.63) is 54.5 Å². The van der Waals surface area contributed by atoms with Gasteiger partial charge in [0.15, 0.2) is 5.65 Å². The van der Waals surface area contributed by atoms with Crippen LogP contribution in [0, 0.1) is 6.92 Å². The van der Waals surface area contributed by atoms with Crippen molar-refractivity contribution < 1.29 is 18.3 Å². The number of anilines is 1. The second-order valence-corrected chi connectivity index (χ2v) is 9.90. The summed E-state index contributed by atoms with van der Waals surface area (Å²) in [6.07, 6.45) is 3.47. The van der Waals surface area contributed by atoms with Gasteiger partial charge in [0.2, 0.25) is 0 Å². The number of hydrogen-bond donors (Lipinski definition) is 1. The van der Waals surface area contributed by atoms with E-state index in [4.69, 9.17) is 0 Å². The molecule has 1 saturated heterocycles. The first-order valence-electron chi connectivity index (χ1n) is 10.2. The fourth-order valence-electron chi connectivity index (χ4n) is 4.11. The Balaban J connectivity index is 1.86. The van der Waals surface area contributed by atoms with Crippen molar-refractivity contribution in [1.82, 2.24) is 18.8 Å². The van der Waals surface area contributed by atoms with E-state index in [1.165, 1.54) is 17.4 Å². The molecule has 3 heterocycles. The molecule has 2 atom stereocenters. The topological polar surface area (TPSA) is 109 Å². The van der Waals surface area contributed by atoms with E-state index in [0.29, 0.717) is 29.9 Å². The van der Waals surface area contributed by atoms with E-state index in [1.807, 2.05) is 25.7 Å². The molecule has 0 bridgehead atoms. The first-order valence-corrected chi connectivity index (χ1v) is 11.7. The number of aryl methyl sites for hydroxylation is 1. The number of nitrogens with zero attached hydrogens (tertiary/aromatic N) is 5. The molecule has 1 fully saturated rings. The molecule has 0 saturated carbocycles. The lowest BCUT2D eigenvalue weighted by molar-refractivity contribution is 0.114. The molecule has 9 nitrogen and oxygen atoms in total. The molecule has 2 unspecified atom stereocenters. The van der Waals surface area contributed by atoms with Gasteiger partial charge in [-0.2, -0.15) is 0 Å². The molecule has 0 spiro atoms. The van der Waals surface area contributed by atoms with Crippen molar-refractivity contribution in [1.29, 1.82) is 0 Å². The minimum atomic E-state index is -3.89. The third kappa shape index (κ3) is 3.50. The Hall–Kier alpha value is -3.40. The number of aromatic nitrogens is 3. The molecule has 10 heteroatoms. The lowest BCUT2D eigenvalue weighted by Gasteiger charge is -2.43. The lowest BCUT2D eigenvalue weighted by Crippen LogP contribution is -2.58. The largest absolute Gasteiger partial charge is 0.465 e. The predicted molar refractivity (Wildman–Crippen MR) is 122 cm³/mol. The Morgan fingerprint density at radius 1 is 1.16 bits per heavy atom. The van der Waals surface area contributed by atoms with Crippen LogP contribution in [0.15, 0.2) is 48.3 Å². The monoisotopic (exact) mass is 455 g/mol. The Labute approximate surface area is 186 Å². The predicted octanol–water partition coefficient (Wildman–Crippen LogP) is 3.20. The van der Waals surface area contributed by atoms with Crippen LogP contribution >= 0.6 is 0 Å². The van der Waals surface area contributed by atoms with E-state index in [-0.39, 0.29) is 22.6 Å². The first-order chi connectivity index (χ1) is 15.1. The van der Waals surface area contributed by atoms with Gasteiger partial charge in [-0.3, -0.25) is 0 Å². The third-order valence-corrected chi connectivity index (χ3v) is 7.53. The Bertz CT molecular complexity index is 1300. The van der Waals surface area contributed by atoms with Crippen molar-refractivity contribution >= 4 is 39.0 Å². The highest BCUT2D eigenvalue weighted by Gasteiger charge is 2.34. The molecule has 2 aromatic heterocycles. The normalized spacial score (nSPS) is 19.3. The number of benzene rings is 1. The minimum absolute atomic E-state index is 0.157. The molecule has 1 N–H and O–H groups in total. The summed E-state index contributed by atoms with van der Waals surface area (Å²) in [6, 6.07) is 6.23. The Kier molecular flexibility index (Phi) is 5.41. The van der Waals surface area contributed by atoms with E-state index < -0.39 is 16.1 Å². The van der Waals surface area contributed by atoms with E-state index in [2.05, 4.69) is 16.5 Å². The Morgan fingerprint density at radius 2 is 1.84 bits per heavy atom. The maximum atomic E-state index is 13.4. The van der Waals surface area contributed by atoms with Gasteiger partial charge in [0.05, 0.1) is 10.3 Å². The van der Waals surface area contributed by atoms with Crippen LogP contribution < -0.4 is 4.90 Å². The molecule has 32 heavy (non-hydrogen) atoms. The molecule has 0 radical (unpaired) electrons. The summed E-state index contributed by atoms with van der Waals surface area (Å²) < 4.78 is 27.9. The van der Waals surface area contributed by atoms with Crippen molar-refractivity contribution in [3.8, 4) is 0 Å². The Morgan fingerprint density at radius 3 is 2.47 bits per heavy atom. The van der Waals surface area contributed by atoms with Crippen molar-refractivity contribution in [2.75, 3.05) is 18.0 Å². The third-order valence-electron chi connectivity index (χ3n) is 5.86. The number of hydrogen-bond acceptors (Lipinski definition) is 6. The standard InChI is InChI=1S/C22H25N5O4S/c1-5-17-12-27(32(30,31)18-8-6-14(2)7-9-18)21-19(17)20(23-13-24-21)25-10-16(4)26(22(28)29)11-15(25)3/h5-9,12-13,15-16H,1,10-11H2,2-4H3,(H,28,29). The van der Waals surface area contributed by atoms with E-state index in [9.17, 15) is 18.3 Å². The fraction of sp³-hybridized carbons (Fsp3) is 0.318. The lowest BCUT2D eigenvalue weighted by atomic mass is 10.1. The molecular weight excluding hydrogens is 430 g/mol. The zero-order valence-corrected chi connectivity index (χ0v) is 19.0. The SMILES string of the molecule is C=Cc1cn(S(=O)(=O)c2ccc(C)cc2)c2ncnc(N3CC(C)N(C(=O)O)CC3C)c12. The number of amides is 1. The van der Waals surface area contributed by atoms with E-state index in [0.717, 1.165) is 9.54 Å². The number of carbonyl (C=O) groups is 1. The molecular formula is C22H25N5O4S. The van der Waals surface area contributed by atoms with Crippen LogP contribution in [0.5, 0.6) is 0 Å². The molecule has 1 amide bonds. The van der Waals surface area contributed by atoms with Crippen LogP contribution in [0.3, 0.4) is 0 Å². The average molecular weight is 456 g/mol. The van der Waals surface area contributed by atoms with Crippen LogP contribution in [0.25, 0.3) is 17.1 Å². The van der Waals surface area contributed by atoms with Crippen LogP contribution in [0.1, 0.15) is 25.0 Å². The van der Waals surface area contributed by atoms with Crippen LogP contribution in [0.2, 0.25) is 0 Å². The average Bonchev–Trinajstić information content (AvgIpc) is 3.15. The van der Waals surface area contributed by atoms with Gasteiger partial charge in [0.25, 0.3) is 10.0 Å². The second-order valence-electron chi connectivity index (χ2n) is 8.08. The summed E-state index contributed by atoms with van der Waals surface area (Å²) in [4.78, 5) is 23.9. The summed E-state index contributed by atoms with van der Waals surface area (Å²) >= 11 is 0. The maximum absolute atomic E-state index is 13.4. The smallest absolute Gasteiger partial charge is 0.407 e. The summed E-state index contributed by atoms with van der Waals surface area (Å²) in [7, 11) is -3.89. The van der Waals surface area contributed by atoms with Gasteiger partial charge in [-0.05, 0) is 32.9 Å². The summed E-state index contributed by atoms with van der Waals surface area (Å²) in [5, 5.41) is 10.0. The minimum Gasteiger partial charge on any atom is -0.465 e. The van der Waals surface area contributed by atoms with Crippen LogP contribution in [0.4, 0.5) is 10.6 Å². The van der Waals surface area contributed by atoms with Gasteiger partial charge in [-0.1, -0.05) is 30.4 Å². The number of carboxylic acid groups (broad SMARTS) is 1. The molecule has 3 aromatic rings. The zero-order valence-electron chi connectivity index (χ0n) is 18.1. The number of piperazine rings is 1. The highest BCUT2D eigenvalue weighted by molar-refractivity contribution is 7.90. The van der Waals surface area contributed by atoms with Gasteiger partial charge in [-0.25, -0.2) is 27.2 Å². The molecule has 168 valence electrons. The number of rotatable bonds is 4. The molecule has 1 aliphatic rings. The van der Waals surface area contributed by atoms with Gasteiger partial charge in [0.1, 0.15) is 12.1 Å². The zero-order chi connectivity index (χ0) is 23.2. The first kappa shape index (κ1) is 21.8. The molecule has 1 aromatic carbocycles. The fourth-order valence-corrected chi connectivity index (χ4v) is 5.44. The highest BCUT2D eigenvalue weighted by atomic mass is 32.2. The highest BCUT2D eigenvalue weighted by Crippen LogP contribution is 2.34. The van der Waals surface area contributed by atoms with E-state index in [1.54, 1.807) is 30.3 Å². The van der Waals surface area contributed by atoms with Gasteiger partial charge >= 0.3 is 6.09 Å². The molecule has 0 aliphatic carbocycles. The summed E-state index contributed by atoms with van der Waals surface area (Å²) in [5.41, 5.74) is 1.80.